The minimum atomic E-state index is -0.124. The van der Waals surface area contributed by atoms with Gasteiger partial charge in [0.2, 0.25) is 0 Å². The van der Waals surface area contributed by atoms with E-state index in [1.54, 1.807) is 24.1 Å². The molecule has 1 amide bonds. The Labute approximate surface area is 89.7 Å². The fraction of sp³-hybridized carbons (Fsp3) is 0.600. The van der Waals surface area contributed by atoms with Gasteiger partial charge in [-0.2, -0.15) is 0 Å². The number of rotatable bonds is 5. The van der Waals surface area contributed by atoms with Gasteiger partial charge in [0.05, 0.1) is 12.5 Å². The average Bonchev–Trinajstić information content (AvgIpc) is 2.61. The van der Waals surface area contributed by atoms with Crippen molar-refractivity contribution in [3.63, 3.8) is 0 Å². The fourth-order valence-electron chi connectivity index (χ4n) is 1.36. The van der Waals surface area contributed by atoms with Gasteiger partial charge in [-0.25, -0.2) is 4.98 Å². The number of carbonyl (C=O) groups excluding carboxylic acids is 1. The second kappa shape index (κ2) is 5.50. The molecule has 0 aliphatic carbocycles. The Kier molecular flexibility index (Phi) is 4.30. The highest BCUT2D eigenvalue weighted by atomic mass is 16.1. The lowest BCUT2D eigenvalue weighted by atomic mass is 10.2. The number of nitrogens with two attached hydrogens (primary N) is 1. The summed E-state index contributed by atoms with van der Waals surface area (Å²) in [4.78, 5) is 15.5. The highest BCUT2D eigenvalue weighted by Gasteiger charge is 2.10. The Morgan fingerprint density at radius 2 is 2.47 bits per heavy atom. The molecule has 84 valence electrons. The molecule has 0 aliphatic rings. The first-order valence-electron chi connectivity index (χ1n) is 5.15. The Morgan fingerprint density at radius 1 is 1.73 bits per heavy atom. The van der Waals surface area contributed by atoms with Crippen LogP contribution >= 0.6 is 0 Å². The maximum Gasteiger partial charge on any atom is 0.269 e. The van der Waals surface area contributed by atoms with Gasteiger partial charge in [0.25, 0.3) is 5.91 Å². The number of aryl methyl sites for hydroxylation is 1. The highest BCUT2D eigenvalue weighted by molar-refractivity contribution is 5.92. The van der Waals surface area contributed by atoms with Crippen LogP contribution < -0.4 is 11.1 Å². The van der Waals surface area contributed by atoms with Gasteiger partial charge in [0.1, 0.15) is 5.69 Å². The van der Waals surface area contributed by atoms with E-state index >= 15 is 0 Å². The van der Waals surface area contributed by atoms with Crippen LogP contribution in [0.2, 0.25) is 0 Å². The number of amides is 1. The molecule has 1 unspecified atom stereocenters. The van der Waals surface area contributed by atoms with Gasteiger partial charge in [-0.15, -0.1) is 0 Å². The molecule has 3 N–H and O–H groups in total. The van der Waals surface area contributed by atoms with Crippen molar-refractivity contribution < 1.29 is 4.79 Å². The first-order chi connectivity index (χ1) is 7.15. The Morgan fingerprint density at radius 3 is 3.00 bits per heavy atom. The summed E-state index contributed by atoms with van der Waals surface area (Å²) in [5.41, 5.74) is 6.34. The zero-order valence-electron chi connectivity index (χ0n) is 9.23. The van der Waals surface area contributed by atoms with Crippen LogP contribution in [0.5, 0.6) is 0 Å². The number of aromatic nitrogens is 2. The van der Waals surface area contributed by atoms with Crippen molar-refractivity contribution in [2.75, 3.05) is 6.54 Å². The van der Waals surface area contributed by atoms with Gasteiger partial charge < -0.3 is 15.6 Å². The lowest BCUT2D eigenvalue weighted by molar-refractivity contribution is 0.0942. The van der Waals surface area contributed by atoms with Crippen molar-refractivity contribution in [2.45, 2.75) is 25.8 Å². The minimum Gasteiger partial charge on any atom is -0.349 e. The molecule has 1 aromatic rings. The number of hydrogen-bond acceptors (Lipinski definition) is 3. The third kappa shape index (κ3) is 3.36. The average molecular weight is 210 g/mol. The molecule has 5 nitrogen and oxygen atoms in total. The Bertz CT molecular complexity index is 321. The number of nitrogens with zero attached hydrogens (tertiary/aromatic N) is 2. The first kappa shape index (κ1) is 11.7. The summed E-state index contributed by atoms with van der Waals surface area (Å²) in [5.74, 6) is -0.124. The molecule has 0 bridgehead atoms. The molecule has 1 heterocycles. The molecule has 1 aromatic heterocycles. The molecule has 0 saturated heterocycles. The van der Waals surface area contributed by atoms with Crippen LogP contribution in [0.1, 0.15) is 30.3 Å². The summed E-state index contributed by atoms with van der Waals surface area (Å²) >= 11 is 0. The summed E-state index contributed by atoms with van der Waals surface area (Å²) in [6, 6.07) is 0.0344. The van der Waals surface area contributed by atoms with E-state index in [-0.39, 0.29) is 11.9 Å². The molecule has 0 spiro atoms. The van der Waals surface area contributed by atoms with Crippen molar-refractivity contribution in [1.29, 1.82) is 0 Å². The molecule has 15 heavy (non-hydrogen) atoms. The van der Waals surface area contributed by atoms with Crippen molar-refractivity contribution in [1.82, 2.24) is 14.9 Å². The summed E-state index contributed by atoms with van der Waals surface area (Å²) < 4.78 is 1.68. The molecule has 0 aromatic carbocycles. The number of nitrogens with one attached hydrogen (secondary N) is 1. The smallest absolute Gasteiger partial charge is 0.269 e. The third-order valence-corrected chi connectivity index (χ3v) is 2.23. The largest absolute Gasteiger partial charge is 0.349 e. The van der Waals surface area contributed by atoms with Gasteiger partial charge in [-0.3, -0.25) is 4.79 Å². The van der Waals surface area contributed by atoms with Crippen molar-refractivity contribution >= 4 is 5.91 Å². The van der Waals surface area contributed by atoms with Gasteiger partial charge in [0.15, 0.2) is 0 Å². The SMILES string of the molecule is CCCC(N)CNC(=O)c1cncn1C. The summed E-state index contributed by atoms with van der Waals surface area (Å²) in [5, 5.41) is 2.79. The lowest BCUT2D eigenvalue weighted by Gasteiger charge is -2.11. The molecule has 5 heteroatoms. The van der Waals surface area contributed by atoms with Crippen LogP contribution in [0.25, 0.3) is 0 Å². The summed E-state index contributed by atoms with van der Waals surface area (Å²) in [7, 11) is 1.79. The second-order valence-corrected chi connectivity index (χ2v) is 3.65. The molecular formula is C10H18N4O. The normalized spacial score (nSPS) is 12.5. The zero-order chi connectivity index (χ0) is 11.3. The number of hydrogen-bond donors (Lipinski definition) is 2. The van der Waals surface area contributed by atoms with Gasteiger partial charge >= 0.3 is 0 Å². The van der Waals surface area contributed by atoms with Crippen LogP contribution in [-0.4, -0.2) is 28.0 Å². The van der Waals surface area contributed by atoms with E-state index in [1.165, 1.54) is 0 Å². The van der Waals surface area contributed by atoms with Crippen LogP contribution in [0.3, 0.4) is 0 Å². The maximum atomic E-state index is 11.6. The predicted molar refractivity (Wildman–Crippen MR) is 58.4 cm³/mol. The summed E-state index contributed by atoms with van der Waals surface area (Å²) in [6.45, 7) is 2.58. The van der Waals surface area contributed by atoms with Crippen LogP contribution in [0.4, 0.5) is 0 Å². The monoisotopic (exact) mass is 210 g/mol. The molecule has 0 aliphatic heterocycles. The molecule has 1 rings (SSSR count). The van der Waals surface area contributed by atoms with E-state index in [1.807, 2.05) is 0 Å². The molecular weight excluding hydrogens is 192 g/mol. The van der Waals surface area contributed by atoms with Crippen molar-refractivity contribution in [3.8, 4) is 0 Å². The molecule has 0 saturated carbocycles. The molecule has 0 fully saturated rings. The first-order valence-corrected chi connectivity index (χ1v) is 5.15. The second-order valence-electron chi connectivity index (χ2n) is 3.65. The van der Waals surface area contributed by atoms with E-state index < -0.39 is 0 Å². The van der Waals surface area contributed by atoms with Gasteiger partial charge in [-0.05, 0) is 6.42 Å². The standard InChI is InChI=1S/C10H18N4O/c1-3-4-8(11)5-13-10(15)9-6-12-7-14(9)2/h6-8H,3-5,11H2,1-2H3,(H,13,15). The zero-order valence-corrected chi connectivity index (χ0v) is 9.23. The van der Waals surface area contributed by atoms with E-state index in [0.717, 1.165) is 12.8 Å². The minimum absolute atomic E-state index is 0.0344. The topological polar surface area (TPSA) is 72.9 Å². The third-order valence-electron chi connectivity index (χ3n) is 2.23. The van der Waals surface area contributed by atoms with Crippen LogP contribution in [-0.2, 0) is 7.05 Å². The number of carbonyl (C=O) groups is 1. The van der Waals surface area contributed by atoms with Crippen molar-refractivity contribution in [2.24, 2.45) is 12.8 Å². The van der Waals surface area contributed by atoms with Gasteiger partial charge in [-0.1, -0.05) is 13.3 Å². The molecule has 1 atom stereocenters. The van der Waals surface area contributed by atoms with Crippen molar-refractivity contribution in [3.05, 3.63) is 18.2 Å². The van der Waals surface area contributed by atoms with E-state index in [2.05, 4.69) is 17.2 Å². The van der Waals surface area contributed by atoms with Gasteiger partial charge in [0, 0.05) is 19.6 Å². The summed E-state index contributed by atoms with van der Waals surface area (Å²) in [6.07, 6.45) is 5.09. The van der Waals surface area contributed by atoms with Crippen LogP contribution in [0.15, 0.2) is 12.5 Å². The van der Waals surface area contributed by atoms with E-state index in [4.69, 9.17) is 5.73 Å². The highest BCUT2D eigenvalue weighted by Crippen LogP contribution is 1.96. The van der Waals surface area contributed by atoms with E-state index in [0.29, 0.717) is 12.2 Å². The van der Waals surface area contributed by atoms with Crippen LogP contribution in [0, 0.1) is 0 Å². The predicted octanol–water partition coefficient (Wildman–Crippen LogP) is 0.277. The Balaban J connectivity index is 2.40. The fourth-order valence-corrected chi connectivity index (χ4v) is 1.36. The quantitative estimate of drug-likeness (QED) is 0.733. The van der Waals surface area contributed by atoms with E-state index in [9.17, 15) is 4.79 Å². The Hall–Kier alpha value is -1.36. The molecule has 0 radical (unpaired) electrons. The number of imidazole rings is 1. The lowest BCUT2D eigenvalue weighted by Crippen LogP contribution is -2.37. The maximum absolute atomic E-state index is 11.6.